The molecule has 3 aromatic rings. The van der Waals surface area contributed by atoms with Gasteiger partial charge in [-0.15, -0.1) is 0 Å². The minimum Gasteiger partial charge on any atom is -0.496 e. The number of amidine groups is 1. The quantitative estimate of drug-likeness (QED) is 0.495. The molecule has 1 N–H and O–H groups in total. The molecule has 0 aliphatic carbocycles. The van der Waals surface area contributed by atoms with Crippen molar-refractivity contribution in [3.8, 4) is 23.1 Å². The number of nitrogens with zero attached hydrogens (tertiary/aromatic N) is 4. The van der Waals surface area contributed by atoms with Gasteiger partial charge < -0.3 is 24.2 Å². The molecule has 198 valence electrons. The number of benzene rings is 2. The third kappa shape index (κ3) is 4.89. The van der Waals surface area contributed by atoms with Gasteiger partial charge >= 0.3 is 4.87 Å². The Balaban J connectivity index is 1.44. The number of thiazole rings is 1. The van der Waals surface area contributed by atoms with Crippen LogP contribution < -0.4 is 29.7 Å². The molecule has 0 saturated carbocycles. The molecule has 0 unspecified atom stereocenters. The topological polar surface area (TPSA) is 115 Å². The van der Waals surface area contributed by atoms with Crippen molar-refractivity contribution >= 4 is 34.8 Å². The second kappa shape index (κ2) is 10.7. The van der Waals surface area contributed by atoms with E-state index in [2.05, 4.69) is 9.98 Å². The van der Waals surface area contributed by atoms with Crippen molar-refractivity contribution in [2.75, 3.05) is 34.4 Å². The van der Waals surface area contributed by atoms with Crippen LogP contribution in [0.25, 0.3) is 6.08 Å². The fourth-order valence-electron chi connectivity index (χ4n) is 4.57. The monoisotopic (exact) mass is 536 g/mol. The molecule has 0 spiro atoms. The molecule has 5 rings (SSSR count). The molecule has 11 heteroatoms. The van der Waals surface area contributed by atoms with Crippen molar-refractivity contribution in [3.05, 3.63) is 61.0 Å². The second-order valence-electron chi connectivity index (χ2n) is 8.93. The molecular formula is C27H28N4O6S. The lowest BCUT2D eigenvalue weighted by molar-refractivity contribution is -0.132. The molecule has 2 aromatic carbocycles. The molecule has 1 fully saturated rings. The van der Waals surface area contributed by atoms with E-state index in [1.54, 1.807) is 44.4 Å². The van der Waals surface area contributed by atoms with E-state index in [4.69, 9.17) is 14.2 Å². The van der Waals surface area contributed by atoms with Gasteiger partial charge in [-0.1, -0.05) is 17.4 Å². The number of fused-ring (bicyclic) bond motifs is 1. The van der Waals surface area contributed by atoms with Gasteiger partial charge in [0, 0.05) is 19.2 Å². The summed E-state index contributed by atoms with van der Waals surface area (Å²) in [6.45, 7) is 1.21. The van der Waals surface area contributed by atoms with E-state index < -0.39 is 0 Å². The number of amides is 1. The Morgan fingerprint density at radius 2 is 1.71 bits per heavy atom. The van der Waals surface area contributed by atoms with Gasteiger partial charge in [0.1, 0.15) is 12.3 Å². The number of hydrogen-bond donors (Lipinski definition) is 1. The SMILES string of the molecule is COc1cc(OC)c(C2=Nc3cc(=Cc4sc(=O)n(CC(=O)N5CCCCC5)c4O)ccc3=N2)cc1OC. The first-order valence-corrected chi connectivity index (χ1v) is 13.0. The van der Waals surface area contributed by atoms with Crippen LogP contribution in [0.3, 0.4) is 0 Å². The highest BCUT2D eigenvalue weighted by Gasteiger charge is 2.22. The van der Waals surface area contributed by atoms with Crippen LogP contribution >= 0.6 is 11.3 Å². The van der Waals surface area contributed by atoms with E-state index in [1.165, 1.54) is 0 Å². The fourth-order valence-corrected chi connectivity index (χ4v) is 5.42. The van der Waals surface area contributed by atoms with Gasteiger partial charge in [-0.25, -0.2) is 9.98 Å². The molecule has 0 radical (unpaired) electrons. The van der Waals surface area contributed by atoms with Gasteiger partial charge in [0.25, 0.3) is 0 Å². The van der Waals surface area contributed by atoms with Crippen LogP contribution in [0.15, 0.2) is 45.1 Å². The van der Waals surface area contributed by atoms with Crippen LogP contribution in [0.1, 0.15) is 29.7 Å². The maximum absolute atomic E-state index is 12.6. The zero-order valence-electron chi connectivity index (χ0n) is 21.4. The minimum atomic E-state index is -0.379. The van der Waals surface area contributed by atoms with Crippen molar-refractivity contribution in [3.63, 3.8) is 0 Å². The molecule has 2 aliphatic heterocycles. The fraction of sp³-hybridized carbons (Fsp3) is 0.333. The van der Waals surface area contributed by atoms with Gasteiger partial charge in [-0.05, 0) is 48.8 Å². The Morgan fingerprint density at radius 3 is 2.42 bits per heavy atom. The second-order valence-corrected chi connectivity index (χ2v) is 9.92. The van der Waals surface area contributed by atoms with Gasteiger partial charge in [-0.2, -0.15) is 0 Å². The number of aromatic nitrogens is 1. The summed E-state index contributed by atoms with van der Waals surface area (Å²) in [5, 5.41) is 12.1. The van der Waals surface area contributed by atoms with E-state index >= 15 is 0 Å². The van der Waals surface area contributed by atoms with Crippen LogP contribution in [0.2, 0.25) is 0 Å². The maximum Gasteiger partial charge on any atom is 0.311 e. The molecular weight excluding hydrogens is 508 g/mol. The van der Waals surface area contributed by atoms with E-state index in [9.17, 15) is 14.7 Å². The van der Waals surface area contributed by atoms with Gasteiger partial charge in [0.15, 0.2) is 17.3 Å². The molecule has 3 heterocycles. The summed E-state index contributed by atoms with van der Waals surface area (Å²) in [7, 11) is 4.67. The number of carbonyl (C=O) groups excluding carboxylic acids is 1. The summed E-state index contributed by atoms with van der Waals surface area (Å²) >= 11 is 0.897. The predicted octanol–water partition coefficient (Wildman–Crippen LogP) is 2.19. The number of carbonyl (C=O) groups is 1. The zero-order chi connectivity index (χ0) is 26.8. The minimum absolute atomic E-state index is 0.155. The molecule has 38 heavy (non-hydrogen) atoms. The Bertz CT molecular complexity index is 1600. The van der Waals surface area contributed by atoms with Crippen LogP contribution in [0.5, 0.6) is 23.1 Å². The van der Waals surface area contributed by atoms with Crippen molar-refractivity contribution < 1.29 is 24.1 Å². The number of aliphatic imine (C=N–C) groups is 1. The standard InChI is InChI=1S/C27H28N4O6S/c1-35-20-14-22(37-3)21(36-2)13-17(20)25-28-18-8-7-16(11-19(18)29-25)12-23-26(33)31(27(34)38-23)15-24(32)30-9-5-4-6-10-30/h7-8,11-14,33H,4-6,9-10,15H2,1-3H3. The third-order valence-electron chi connectivity index (χ3n) is 6.59. The highest BCUT2D eigenvalue weighted by atomic mass is 32.1. The molecule has 1 saturated heterocycles. The summed E-state index contributed by atoms with van der Waals surface area (Å²) < 4.78 is 17.4. The van der Waals surface area contributed by atoms with Crippen molar-refractivity contribution in [1.29, 1.82) is 0 Å². The summed E-state index contributed by atoms with van der Waals surface area (Å²) in [5.74, 6) is 1.70. The summed E-state index contributed by atoms with van der Waals surface area (Å²) in [5.41, 5.74) is 1.29. The van der Waals surface area contributed by atoms with Crippen molar-refractivity contribution in [2.45, 2.75) is 25.8 Å². The van der Waals surface area contributed by atoms with Gasteiger partial charge in [-0.3, -0.25) is 14.2 Å². The lowest BCUT2D eigenvalue weighted by atomic mass is 10.1. The third-order valence-corrected chi connectivity index (χ3v) is 7.51. The van der Waals surface area contributed by atoms with E-state index in [1.807, 2.05) is 18.2 Å². The van der Waals surface area contributed by atoms with Gasteiger partial charge in [0.05, 0.1) is 42.8 Å². The van der Waals surface area contributed by atoms with E-state index in [0.717, 1.165) is 40.4 Å². The molecule has 1 aromatic heterocycles. The van der Waals surface area contributed by atoms with Crippen LogP contribution in [-0.4, -0.2) is 60.7 Å². The molecule has 0 bridgehead atoms. The highest BCUT2D eigenvalue weighted by Crippen LogP contribution is 2.36. The number of rotatable bonds is 7. The first-order valence-electron chi connectivity index (χ1n) is 12.2. The Morgan fingerprint density at radius 1 is 1.00 bits per heavy atom. The number of likely N-dealkylation sites (tertiary alicyclic amines) is 1. The van der Waals surface area contributed by atoms with Crippen LogP contribution in [0, 0.1) is 0 Å². The average molecular weight is 537 g/mol. The predicted molar refractivity (Wildman–Crippen MR) is 144 cm³/mol. The van der Waals surface area contributed by atoms with Gasteiger partial charge in [0.2, 0.25) is 11.8 Å². The molecule has 0 atom stereocenters. The number of ether oxygens (including phenoxy) is 3. The Labute approximate surface area is 222 Å². The Kier molecular flexibility index (Phi) is 7.19. The zero-order valence-corrected chi connectivity index (χ0v) is 22.2. The Hall–Kier alpha value is -4.12. The van der Waals surface area contributed by atoms with Crippen molar-refractivity contribution in [1.82, 2.24) is 9.47 Å². The summed E-state index contributed by atoms with van der Waals surface area (Å²) in [6, 6.07) is 8.97. The molecule has 2 aliphatic rings. The van der Waals surface area contributed by atoms with Crippen LogP contribution in [-0.2, 0) is 11.3 Å². The smallest absolute Gasteiger partial charge is 0.311 e. The number of aromatic hydroxyl groups is 1. The average Bonchev–Trinajstić information content (AvgIpc) is 3.48. The van der Waals surface area contributed by atoms with E-state index in [0.29, 0.717) is 57.7 Å². The highest BCUT2D eigenvalue weighted by molar-refractivity contribution is 7.10. The lowest BCUT2D eigenvalue weighted by Crippen LogP contribution is -2.38. The lowest BCUT2D eigenvalue weighted by Gasteiger charge is -2.26. The van der Waals surface area contributed by atoms with Crippen LogP contribution in [0.4, 0.5) is 5.69 Å². The van der Waals surface area contributed by atoms with E-state index in [-0.39, 0.29) is 23.2 Å². The maximum atomic E-state index is 12.6. The number of methoxy groups -OCH3 is 3. The van der Waals surface area contributed by atoms with Crippen molar-refractivity contribution in [2.24, 2.45) is 9.98 Å². The first kappa shape index (κ1) is 25.5. The summed E-state index contributed by atoms with van der Waals surface area (Å²) in [6.07, 6.45) is 4.73. The molecule has 1 amide bonds. The normalized spacial score (nSPS) is 15.1. The first-order chi connectivity index (χ1) is 18.4. The largest absolute Gasteiger partial charge is 0.496 e. The summed E-state index contributed by atoms with van der Waals surface area (Å²) in [4.78, 5) is 36.3. The number of piperidine rings is 1. The number of hydrogen-bond acceptors (Lipinski definition) is 9. The molecule has 10 nitrogen and oxygen atoms in total.